The predicted molar refractivity (Wildman–Crippen MR) is 111 cm³/mol. The summed E-state index contributed by atoms with van der Waals surface area (Å²) in [5, 5.41) is 11.2. The van der Waals surface area contributed by atoms with Gasteiger partial charge in [-0.25, -0.2) is 8.42 Å². The van der Waals surface area contributed by atoms with Gasteiger partial charge in [0.2, 0.25) is 0 Å². The third-order valence-corrected chi connectivity index (χ3v) is 6.53. The molecule has 7 heteroatoms. The third-order valence-electron chi connectivity index (χ3n) is 5.17. The van der Waals surface area contributed by atoms with Gasteiger partial charge >= 0.3 is 0 Å². The van der Waals surface area contributed by atoms with Gasteiger partial charge in [-0.1, -0.05) is 23.7 Å². The lowest BCUT2D eigenvalue weighted by Gasteiger charge is -2.24. The second-order valence-electron chi connectivity index (χ2n) is 7.53. The molecule has 3 rings (SSSR count). The molecule has 3 atom stereocenters. The molecular formula is C21H26ClNO4S. The fraction of sp³-hybridized carbons (Fsp3) is 0.429. The van der Waals surface area contributed by atoms with Gasteiger partial charge in [0, 0.05) is 36.3 Å². The molecule has 0 bridgehead atoms. The molecule has 1 N–H and O–H groups in total. The maximum absolute atomic E-state index is 11.5. The zero-order valence-electron chi connectivity index (χ0n) is 16.1. The number of benzene rings is 2. The largest absolute Gasteiger partial charge is 0.493 e. The van der Waals surface area contributed by atoms with Crippen molar-refractivity contribution in [3.8, 4) is 5.75 Å². The van der Waals surface area contributed by atoms with Crippen molar-refractivity contribution in [3.05, 3.63) is 59.1 Å². The number of aliphatic hydroxyl groups excluding tert-OH is 1. The van der Waals surface area contributed by atoms with Gasteiger partial charge in [0.1, 0.15) is 5.75 Å². The van der Waals surface area contributed by atoms with Gasteiger partial charge in [-0.05, 0) is 55.3 Å². The average Bonchev–Trinajstić information content (AvgIpc) is 2.99. The second-order valence-corrected chi connectivity index (χ2v) is 9.98. The van der Waals surface area contributed by atoms with Crippen LogP contribution in [0.15, 0.2) is 53.4 Å². The van der Waals surface area contributed by atoms with Crippen molar-refractivity contribution in [2.24, 2.45) is 5.92 Å². The minimum absolute atomic E-state index is 0.288. The minimum atomic E-state index is -3.20. The zero-order valence-corrected chi connectivity index (χ0v) is 17.7. The van der Waals surface area contributed by atoms with Crippen LogP contribution in [0, 0.1) is 5.92 Å². The van der Waals surface area contributed by atoms with Crippen LogP contribution in [-0.4, -0.2) is 50.4 Å². The molecule has 0 amide bonds. The molecule has 1 heterocycles. The van der Waals surface area contributed by atoms with E-state index in [0.29, 0.717) is 35.9 Å². The van der Waals surface area contributed by atoms with Crippen LogP contribution in [0.2, 0.25) is 5.02 Å². The number of aliphatic hydroxyl groups is 1. The summed E-state index contributed by atoms with van der Waals surface area (Å²) >= 11 is 6.02. The van der Waals surface area contributed by atoms with Crippen molar-refractivity contribution in [2.75, 3.05) is 26.0 Å². The van der Waals surface area contributed by atoms with E-state index in [-0.39, 0.29) is 4.90 Å². The third kappa shape index (κ3) is 5.47. The standard InChI is InChI=1S/C21H26ClNO4S/c1-15-10-16(14-27-19-6-8-20(9-7-19)28(2,25)26)12-23(15)13-21(24)17-4-3-5-18(22)11-17/h3-9,11,15-16,21,24H,10,12-14H2,1-2H3/t15-,16+,21+/m1/s1. The highest BCUT2D eigenvalue weighted by Gasteiger charge is 2.31. The first-order chi connectivity index (χ1) is 13.2. The molecule has 0 aromatic heterocycles. The summed E-state index contributed by atoms with van der Waals surface area (Å²) in [6, 6.07) is 14.2. The number of hydrogen-bond donors (Lipinski definition) is 1. The summed E-state index contributed by atoms with van der Waals surface area (Å²) in [6.45, 7) is 4.12. The molecular weight excluding hydrogens is 398 g/mol. The molecule has 0 radical (unpaired) electrons. The lowest BCUT2D eigenvalue weighted by Crippen LogP contribution is -2.32. The summed E-state index contributed by atoms with van der Waals surface area (Å²) in [5.41, 5.74) is 0.824. The fourth-order valence-corrected chi connectivity index (χ4v) is 4.46. The SMILES string of the molecule is C[C@@H]1C[C@H](COc2ccc(S(C)(=O)=O)cc2)CN1C[C@H](O)c1cccc(Cl)c1. The molecule has 152 valence electrons. The summed E-state index contributed by atoms with van der Waals surface area (Å²) in [7, 11) is -3.20. The van der Waals surface area contributed by atoms with Crippen LogP contribution >= 0.6 is 11.6 Å². The van der Waals surface area contributed by atoms with E-state index in [1.807, 2.05) is 12.1 Å². The summed E-state index contributed by atoms with van der Waals surface area (Å²) in [4.78, 5) is 2.56. The Bertz CT molecular complexity index is 901. The highest BCUT2D eigenvalue weighted by atomic mass is 35.5. The number of sulfone groups is 1. The van der Waals surface area contributed by atoms with E-state index in [9.17, 15) is 13.5 Å². The van der Waals surface area contributed by atoms with Gasteiger partial charge in [0.15, 0.2) is 9.84 Å². The van der Waals surface area contributed by atoms with E-state index < -0.39 is 15.9 Å². The molecule has 28 heavy (non-hydrogen) atoms. The number of likely N-dealkylation sites (tertiary alicyclic amines) is 1. The van der Waals surface area contributed by atoms with E-state index in [2.05, 4.69) is 11.8 Å². The van der Waals surface area contributed by atoms with Crippen LogP contribution in [0.1, 0.15) is 25.0 Å². The smallest absolute Gasteiger partial charge is 0.175 e. The number of rotatable bonds is 7. The number of nitrogens with zero attached hydrogens (tertiary/aromatic N) is 1. The van der Waals surface area contributed by atoms with E-state index in [1.54, 1.807) is 36.4 Å². The lowest BCUT2D eigenvalue weighted by molar-refractivity contribution is 0.107. The van der Waals surface area contributed by atoms with Crippen LogP contribution in [0.4, 0.5) is 0 Å². The maximum Gasteiger partial charge on any atom is 0.175 e. The number of hydrogen-bond acceptors (Lipinski definition) is 5. The highest BCUT2D eigenvalue weighted by Crippen LogP contribution is 2.27. The van der Waals surface area contributed by atoms with Crippen LogP contribution in [0.3, 0.4) is 0 Å². The van der Waals surface area contributed by atoms with Gasteiger partial charge in [0.05, 0.1) is 17.6 Å². The molecule has 0 aliphatic carbocycles. The molecule has 1 fully saturated rings. The summed E-state index contributed by atoms with van der Waals surface area (Å²) in [5.74, 6) is 1.02. The van der Waals surface area contributed by atoms with E-state index in [4.69, 9.17) is 16.3 Å². The van der Waals surface area contributed by atoms with Gasteiger partial charge in [-0.3, -0.25) is 4.90 Å². The van der Waals surface area contributed by atoms with Crippen molar-refractivity contribution < 1.29 is 18.3 Å². The minimum Gasteiger partial charge on any atom is -0.493 e. The number of halogens is 1. The van der Waals surface area contributed by atoms with Crippen LogP contribution in [0.5, 0.6) is 5.75 Å². The maximum atomic E-state index is 11.5. The monoisotopic (exact) mass is 423 g/mol. The van der Waals surface area contributed by atoms with Gasteiger partial charge in [0.25, 0.3) is 0 Å². The van der Waals surface area contributed by atoms with Crippen LogP contribution in [0.25, 0.3) is 0 Å². The molecule has 5 nitrogen and oxygen atoms in total. The van der Waals surface area contributed by atoms with E-state index in [1.165, 1.54) is 6.26 Å². The molecule has 1 aliphatic rings. The number of β-amino-alcohol motifs (C(OH)–C–C–N with tert-alkyl or cyclic N) is 1. The Labute approximate surface area is 171 Å². The molecule has 1 aliphatic heterocycles. The Balaban J connectivity index is 1.52. The average molecular weight is 424 g/mol. The van der Waals surface area contributed by atoms with Crippen molar-refractivity contribution in [2.45, 2.75) is 30.4 Å². The molecule has 2 aromatic carbocycles. The van der Waals surface area contributed by atoms with Crippen LogP contribution in [-0.2, 0) is 9.84 Å². The zero-order chi connectivity index (χ0) is 20.3. The lowest BCUT2D eigenvalue weighted by atomic mass is 10.1. The molecule has 1 saturated heterocycles. The van der Waals surface area contributed by atoms with E-state index >= 15 is 0 Å². The van der Waals surface area contributed by atoms with E-state index in [0.717, 1.165) is 18.5 Å². The Hall–Kier alpha value is -1.60. The molecule has 2 aromatic rings. The predicted octanol–water partition coefficient (Wildman–Crippen LogP) is 3.57. The van der Waals surface area contributed by atoms with Crippen molar-refractivity contribution >= 4 is 21.4 Å². The first-order valence-corrected chi connectivity index (χ1v) is 11.6. The molecule has 0 unspecified atom stereocenters. The quantitative estimate of drug-likeness (QED) is 0.737. The van der Waals surface area contributed by atoms with Gasteiger partial charge in [-0.2, -0.15) is 0 Å². The topological polar surface area (TPSA) is 66.8 Å². The Morgan fingerprint density at radius 1 is 1.25 bits per heavy atom. The normalized spacial score (nSPS) is 21.6. The molecule has 0 spiro atoms. The van der Waals surface area contributed by atoms with Crippen molar-refractivity contribution in [1.82, 2.24) is 4.90 Å². The highest BCUT2D eigenvalue weighted by molar-refractivity contribution is 7.90. The first-order valence-electron chi connectivity index (χ1n) is 9.33. The fourth-order valence-electron chi connectivity index (χ4n) is 3.63. The van der Waals surface area contributed by atoms with Gasteiger partial charge in [-0.15, -0.1) is 0 Å². The van der Waals surface area contributed by atoms with Crippen molar-refractivity contribution in [3.63, 3.8) is 0 Å². The molecule has 0 saturated carbocycles. The van der Waals surface area contributed by atoms with Gasteiger partial charge < -0.3 is 9.84 Å². The van der Waals surface area contributed by atoms with Crippen LogP contribution < -0.4 is 4.74 Å². The second kappa shape index (κ2) is 8.82. The number of ether oxygens (including phenoxy) is 1. The summed E-state index contributed by atoms with van der Waals surface area (Å²) in [6.07, 6.45) is 1.60. The summed E-state index contributed by atoms with van der Waals surface area (Å²) < 4.78 is 28.9. The Morgan fingerprint density at radius 2 is 1.96 bits per heavy atom. The first kappa shape index (κ1) is 21.1. The van der Waals surface area contributed by atoms with Crippen molar-refractivity contribution in [1.29, 1.82) is 0 Å². The Morgan fingerprint density at radius 3 is 2.61 bits per heavy atom. The Kier molecular flexibility index (Phi) is 6.65.